The second-order valence-electron chi connectivity index (χ2n) is 4.52. The zero-order valence-electron chi connectivity index (χ0n) is 11.2. The summed E-state index contributed by atoms with van der Waals surface area (Å²) < 4.78 is 0. The number of nitriles is 1. The third-order valence-electron chi connectivity index (χ3n) is 3.13. The van der Waals surface area contributed by atoms with E-state index >= 15 is 0 Å². The van der Waals surface area contributed by atoms with Crippen molar-refractivity contribution in [2.24, 2.45) is 11.2 Å². The summed E-state index contributed by atoms with van der Waals surface area (Å²) in [5.74, 6) is -1.61. The van der Waals surface area contributed by atoms with Crippen molar-refractivity contribution < 1.29 is 4.79 Å². The van der Waals surface area contributed by atoms with Crippen LogP contribution in [0.4, 0.5) is 0 Å². The third kappa shape index (κ3) is 3.74. The topological polar surface area (TPSA) is 82.3 Å². The van der Waals surface area contributed by atoms with Gasteiger partial charge in [0.2, 0.25) is 0 Å². The van der Waals surface area contributed by atoms with Crippen molar-refractivity contribution in [2.45, 2.75) is 6.42 Å². The van der Waals surface area contributed by atoms with Crippen LogP contribution in [0.1, 0.15) is 5.56 Å². The first-order chi connectivity index (χ1) is 10.2. The SMILES string of the molecule is N#CC(Cc1ccc(-c2ccccc2)cc1)C(=O)NN=O. The Bertz CT molecular complexity index is 660. The van der Waals surface area contributed by atoms with Crippen LogP contribution in [-0.4, -0.2) is 5.91 Å². The molecule has 2 aromatic rings. The van der Waals surface area contributed by atoms with Gasteiger partial charge in [0.1, 0.15) is 5.92 Å². The fraction of sp³-hybridized carbons (Fsp3) is 0.125. The van der Waals surface area contributed by atoms with Crippen LogP contribution in [0.3, 0.4) is 0 Å². The van der Waals surface area contributed by atoms with E-state index in [0.717, 1.165) is 16.7 Å². The first-order valence-electron chi connectivity index (χ1n) is 6.41. The van der Waals surface area contributed by atoms with Gasteiger partial charge in [-0.15, -0.1) is 4.91 Å². The number of nitrogens with zero attached hydrogens (tertiary/aromatic N) is 2. The largest absolute Gasteiger partial charge is 0.272 e. The van der Waals surface area contributed by atoms with Crippen LogP contribution in [0.25, 0.3) is 11.1 Å². The number of nitroso groups, excluding NO2 is 1. The zero-order valence-corrected chi connectivity index (χ0v) is 11.2. The number of nitrogens with one attached hydrogen (secondary N) is 1. The molecule has 0 aliphatic heterocycles. The van der Waals surface area contributed by atoms with Gasteiger partial charge in [0.15, 0.2) is 0 Å². The summed E-state index contributed by atoms with van der Waals surface area (Å²) in [6.07, 6.45) is 0.243. The van der Waals surface area contributed by atoms with Crippen molar-refractivity contribution in [1.82, 2.24) is 5.43 Å². The van der Waals surface area contributed by atoms with Crippen molar-refractivity contribution >= 4 is 5.91 Å². The smallest absolute Gasteiger partial charge is 0.260 e. The molecule has 0 heterocycles. The summed E-state index contributed by atoms with van der Waals surface area (Å²) >= 11 is 0. The van der Waals surface area contributed by atoms with Crippen molar-refractivity contribution in [2.75, 3.05) is 0 Å². The van der Waals surface area contributed by atoms with E-state index in [1.54, 1.807) is 5.43 Å². The highest BCUT2D eigenvalue weighted by atomic mass is 16.3. The van der Waals surface area contributed by atoms with Gasteiger partial charge in [0, 0.05) is 0 Å². The Kier molecular flexibility index (Phi) is 4.78. The van der Waals surface area contributed by atoms with Crippen LogP contribution in [0, 0.1) is 22.2 Å². The highest BCUT2D eigenvalue weighted by Gasteiger charge is 2.18. The monoisotopic (exact) mass is 279 g/mol. The molecule has 0 fully saturated rings. The van der Waals surface area contributed by atoms with Crippen LogP contribution in [-0.2, 0) is 11.2 Å². The van der Waals surface area contributed by atoms with E-state index < -0.39 is 11.8 Å². The highest BCUT2D eigenvalue weighted by molar-refractivity contribution is 5.81. The van der Waals surface area contributed by atoms with Gasteiger partial charge >= 0.3 is 0 Å². The van der Waals surface area contributed by atoms with Crippen LogP contribution >= 0.6 is 0 Å². The summed E-state index contributed by atoms with van der Waals surface area (Å²) in [6.45, 7) is 0. The van der Waals surface area contributed by atoms with E-state index in [2.05, 4.69) is 5.29 Å². The molecule has 0 aliphatic rings. The van der Waals surface area contributed by atoms with E-state index in [9.17, 15) is 9.70 Å². The fourth-order valence-electron chi connectivity index (χ4n) is 2.02. The number of carbonyl (C=O) groups excluding carboxylic acids is 1. The molecule has 0 aliphatic carbocycles. The average molecular weight is 279 g/mol. The average Bonchev–Trinajstić information content (AvgIpc) is 2.54. The quantitative estimate of drug-likeness (QED) is 0.674. The standard InChI is InChI=1S/C16H13N3O2/c17-11-15(16(20)18-19-21)10-12-6-8-14(9-7-12)13-4-2-1-3-5-13/h1-9,15H,10H2,(H,18,20,21). The predicted molar refractivity (Wildman–Crippen MR) is 78.6 cm³/mol. The Morgan fingerprint density at radius 1 is 1.10 bits per heavy atom. The lowest BCUT2D eigenvalue weighted by Crippen LogP contribution is -2.26. The van der Waals surface area contributed by atoms with Gasteiger partial charge in [-0.1, -0.05) is 54.6 Å². The molecule has 0 aromatic heterocycles. The van der Waals surface area contributed by atoms with Crippen LogP contribution in [0.2, 0.25) is 0 Å². The number of hydrogen-bond acceptors (Lipinski definition) is 4. The molecule has 1 amide bonds. The second kappa shape index (κ2) is 6.96. The molecule has 1 atom stereocenters. The summed E-state index contributed by atoms with van der Waals surface area (Å²) in [5.41, 5.74) is 4.77. The van der Waals surface area contributed by atoms with Gasteiger partial charge in [0.05, 0.1) is 11.4 Å². The second-order valence-corrected chi connectivity index (χ2v) is 4.52. The van der Waals surface area contributed by atoms with E-state index in [-0.39, 0.29) is 6.42 Å². The number of carbonyl (C=O) groups is 1. The molecule has 0 radical (unpaired) electrons. The molecular formula is C16H13N3O2. The minimum Gasteiger partial charge on any atom is -0.272 e. The molecule has 104 valence electrons. The first-order valence-corrected chi connectivity index (χ1v) is 6.41. The number of hydrogen-bond donors (Lipinski definition) is 1. The first kappa shape index (κ1) is 14.4. The molecule has 0 bridgehead atoms. The molecule has 1 unspecified atom stereocenters. The maximum atomic E-state index is 11.4. The minimum absolute atomic E-state index is 0.243. The molecule has 0 saturated carbocycles. The Hall–Kier alpha value is -3.00. The Morgan fingerprint density at radius 3 is 2.29 bits per heavy atom. The fourth-order valence-corrected chi connectivity index (χ4v) is 2.02. The van der Waals surface area contributed by atoms with E-state index in [1.807, 2.05) is 60.7 Å². The molecular weight excluding hydrogens is 266 g/mol. The summed E-state index contributed by atoms with van der Waals surface area (Å²) in [4.78, 5) is 21.4. The van der Waals surface area contributed by atoms with Gasteiger partial charge in [-0.25, -0.2) is 5.43 Å². The third-order valence-corrected chi connectivity index (χ3v) is 3.13. The molecule has 5 heteroatoms. The van der Waals surface area contributed by atoms with Gasteiger partial charge in [-0.3, -0.25) is 4.79 Å². The molecule has 2 aromatic carbocycles. The van der Waals surface area contributed by atoms with Crippen molar-refractivity contribution in [3.63, 3.8) is 0 Å². The highest BCUT2D eigenvalue weighted by Crippen LogP contribution is 2.20. The molecule has 5 nitrogen and oxygen atoms in total. The Balaban J connectivity index is 2.11. The molecule has 21 heavy (non-hydrogen) atoms. The normalized spacial score (nSPS) is 11.2. The minimum atomic E-state index is -0.926. The van der Waals surface area contributed by atoms with Gasteiger partial charge in [-0.2, -0.15) is 5.26 Å². The Labute approximate surface area is 122 Å². The molecule has 1 N–H and O–H groups in total. The zero-order chi connectivity index (χ0) is 15.1. The summed E-state index contributed by atoms with van der Waals surface area (Å²) in [6, 6.07) is 19.4. The predicted octanol–water partition coefficient (Wildman–Crippen LogP) is 2.83. The van der Waals surface area contributed by atoms with Crippen LogP contribution in [0.15, 0.2) is 59.9 Å². The molecule has 0 spiro atoms. The lowest BCUT2D eigenvalue weighted by molar-refractivity contribution is -0.123. The van der Waals surface area contributed by atoms with E-state index in [1.165, 1.54) is 0 Å². The maximum Gasteiger partial charge on any atom is 0.260 e. The van der Waals surface area contributed by atoms with E-state index in [0.29, 0.717) is 0 Å². The van der Waals surface area contributed by atoms with E-state index in [4.69, 9.17) is 5.26 Å². The number of rotatable bonds is 5. The number of amides is 1. The number of benzene rings is 2. The van der Waals surface area contributed by atoms with Crippen molar-refractivity contribution in [3.8, 4) is 17.2 Å². The van der Waals surface area contributed by atoms with Crippen molar-refractivity contribution in [1.29, 1.82) is 5.26 Å². The summed E-state index contributed by atoms with van der Waals surface area (Å²) in [5, 5.41) is 11.3. The van der Waals surface area contributed by atoms with Gasteiger partial charge in [-0.05, 0) is 23.1 Å². The maximum absolute atomic E-state index is 11.4. The molecule has 2 rings (SSSR count). The lowest BCUT2D eigenvalue weighted by Gasteiger charge is -2.07. The van der Waals surface area contributed by atoms with Gasteiger partial charge < -0.3 is 0 Å². The lowest BCUT2D eigenvalue weighted by atomic mass is 9.97. The van der Waals surface area contributed by atoms with Crippen LogP contribution < -0.4 is 5.43 Å². The summed E-state index contributed by atoms with van der Waals surface area (Å²) in [7, 11) is 0. The Morgan fingerprint density at radius 2 is 1.71 bits per heavy atom. The van der Waals surface area contributed by atoms with Gasteiger partial charge in [0.25, 0.3) is 5.91 Å². The molecule has 0 saturated heterocycles. The van der Waals surface area contributed by atoms with Crippen molar-refractivity contribution in [3.05, 3.63) is 65.1 Å². The van der Waals surface area contributed by atoms with Crippen LogP contribution in [0.5, 0.6) is 0 Å².